The highest BCUT2D eigenvalue weighted by Gasteiger charge is 2.34. The van der Waals surface area contributed by atoms with Crippen LogP contribution in [0.3, 0.4) is 0 Å². The van der Waals surface area contributed by atoms with Crippen LogP contribution in [-0.4, -0.2) is 31.3 Å². The van der Waals surface area contributed by atoms with Gasteiger partial charge in [0.1, 0.15) is 0 Å². The van der Waals surface area contributed by atoms with Crippen molar-refractivity contribution in [1.82, 2.24) is 20.2 Å². The molecular formula is C9H9ClN4O3. The topological polar surface area (TPSA) is 94.0 Å². The fourth-order valence-electron chi connectivity index (χ4n) is 1.24. The van der Waals surface area contributed by atoms with Gasteiger partial charge < -0.3 is 9.52 Å². The molecule has 2 aromatic heterocycles. The number of halogens is 1. The van der Waals surface area contributed by atoms with Crippen LogP contribution in [0, 0.1) is 0 Å². The molecule has 0 aliphatic rings. The van der Waals surface area contributed by atoms with Crippen LogP contribution < -0.4 is 0 Å². The summed E-state index contributed by atoms with van der Waals surface area (Å²) >= 11 is 5.65. The minimum absolute atomic E-state index is 0.183. The zero-order valence-corrected chi connectivity index (χ0v) is 9.84. The molecule has 0 fully saturated rings. The molecule has 2 heterocycles. The summed E-state index contributed by atoms with van der Waals surface area (Å²) in [5.41, 5.74) is -1.28. The highest BCUT2D eigenvalue weighted by Crippen LogP contribution is 2.26. The summed E-state index contributed by atoms with van der Waals surface area (Å²) in [6.45, 7) is 2.97. The first-order valence-electron chi connectivity index (χ1n) is 4.71. The molecule has 0 aromatic carbocycles. The van der Waals surface area contributed by atoms with Crippen molar-refractivity contribution in [3.8, 4) is 11.6 Å². The molecule has 0 radical (unpaired) electrons. The maximum atomic E-state index is 11.1. The van der Waals surface area contributed by atoms with Gasteiger partial charge in [0.25, 0.3) is 0 Å². The molecule has 17 heavy (non-hydrogen) atoms. The lowest BCUT2D eigenvalue weighted by Gasteiger charge is -2.19. The molecule has 0 saturated heterocycles. The van der Waals surface area contributed by atoms with E-state index in [-0.39, 0.29) is 11.0 Å². The number of aromatic nitrogens is 4. The van der Waals surface area contributed by atoms with Crippen molar-refractivity contribution < 1.29 is 14.3 Å². The van der Waals surface area contributed by atoms with Crippen LogP contribution in [0.5, 0.6) is 0 Å². The molecule has 0 saturated carbocycles. The predicted molar refractivity (Wildman–Crippen MR) is 57.5 cm³/mol. The Morgan fingerprint density at radius 3 is 2.76 bits per heavy atom. The second kappa shape index (κ2) is 3.85. The number of carbonyl (C=O) groups is 1. The molecule has 2 aromatic rings. The fraction of sp³-hybridized carbons (Fsp3) is 0.333. The normalized spacial score (nSPS) is 11.7. The van der Waals surface area contributed by atoms with Gasteiger partial charge in [-0.1, -0.05) is 0 Å². The summed E-state index contributed by atoms with van der Waals surface area (Å²) in [4.78, 5) is 11.1. The van der Waals surface area contributed by atoms with Crippen LogP contribution in [0.2, 0.25) is 5.22 Å². The number of hydrogen-bond acceptors (Lipinski definition) is 5. The van der Waals surface area contributed by atoms with E-state index in [2.05, 4.69) is 15.5 Å². The number of aliphatic carboxylic acids is 1. The number of carboxylic acids is 1. The first-order valence-corrected chi connectivity index (χ1v) is 5.08. The Hall–Kier alpha value is -1.89. The number of rotatable bonds is 3. The maximum absolute atomic E-state index is 11.1. The van der Waals surface area contributed by atoms with Gasteiger partial charge in [0, 0.05) is 0 Å². The standard InChI is InChI=1S/C9H9ClN4O3/c1-9(2,8(15)16)14-7(11-12-13-14)5-3-4-6(10)17-5/h3-4H,1-2H3,(H,15,16). The van der Waals surface area contributed by atoms with E-state index in [1.54, 1.807) is 6.07 Å². The van der Waals surface area contributed by atoms with E-state index in [0.29, 0.717) is 5.76 Å². The van der Waals surface area contributed by atoms with Crippen LogP contribution in [0.15, 0.2) is 16.5 Å². The van der Waals surface area contributed by atoms with Crippen molar-refractivity contribution in [2.45, 2.75) is 19.4 Å². The first-order chi connectivity index (χ1) is 7.93. The lowest BCUT2D eigenvalue weighted by atomic mass is 10.1. The number of hydrogen-bond donors (Lipinski definition) is 1. The molecule has 0 bridgehead atoms. The molecule has 90 valence electrons. The number of nitrogens with zero attached hydrogens (tertiary/aromatic N) is 4. The van der Waals surface area contributed by atoms with Crippen LogP contribution >= 0.6 is 11.6 Å². The molecule has 0 unspecified atom stereocenters. The highest BCUT2D eigenvalue weighted by atomic mass is 35.5. The molecule has 0 aliphatic heterocycles. The minimum Gasteiger partial charge on any atom is -0.479 e. The van der Waals surface area contributed by atoms with Gasteiger partial charge in [-0.3, -0.25) is 0 Å². The maximum Gasteiger partial charge on any atom is 0.331 e. The third kappa shape index (κ3) is 1.89. The van der Waals surface area contributed by atoms with Crippen LogP contribution in [0.4, 0.5) is 0 Å². The van der Waals surface area contributed by atoms with E-state index in [4.69, 9.17) is 21.1 Å². The Balaban J connectivity index is 2.52. The molecule has 0 spiro atoms. The first kappa shape index (κ1) is 11.6. The van der Waals surface area contributed by atoms with Crippen molar-refractivity contribution in [2.24, 2.45) is 0 Å². The van der Waals surface area contributed by atoms with Crippen molar-refractivity contribution >= 4 is 17.6 Å². The Morgan fingerprint density at radius 1 is 1.53 bits per heavy atom. The largest absolute Gasteiger partial charge is 0.479 e. The second-order valence-corrected chi connectivity index (χ2v) is 4.25. The second-order valence-electron chi connectivity index (χ2n) is 3.88. The SMILES string of the molecule is CC(C)(C(=O)O)n1nnnc1-c1ccc(Cl)o1. The Morgan fingerprint density at radius 2 is 2.24 bits per heavy atom. The third-order valence-electron chi connectivity index (χ3n) is 2.32. The summed E-state index contributed by atoms with van der Waals surface area (Å²) in [5, 5.41) is 20.2. The highest BCUT2D eigenvalue weighted by molar-refractivity contribution is 6.28. The van der Waals surface area contributed by atoms with Crippen LogP contribution in [0.25, 0.3) is 11.6 Å². The summed E-state index contributed by atoms with van der Waals surface area (Å²) in [6, 6.07) is 3.10. The van der Waals surface area contributed by atoms with E-state index in [1.807, 2.05) is 0 Å². The van der Waals surface area contributed by atoms with Gasteiger partial charge in [-0.25, -0.2) is 9.48 Å². The lowest BCUT2D eigenvalue weighted by Crippen LogP contribution is -2.37. The monoisotopic (exact) mass is 256 g/mol. The van der Waals surface area contributed by atoms with Crippen LogP contribution in [-0.2, 0) is 10.3 Å². The van der Waals surface area contributed by atoms with E-state index in [0.717, 1.165) is 0 Å². The Bertz CT molecular complexity index is 560. The predicted octanol–water partition coefficient (Wildman–Crippen LogP) is 1.41. The molecule has 1 N–H and O–H groups in total. The van der Waals surface area contributed by atoms with Crippen molar-refractivity contribution in [1.29, 1.82) is 0 Å². The molecular weight excluding hydrogens is 248 g/mol. The molecule has 0 amide bonds. The Kier molecular flexibility index (Phi) is 2.62. The Labute approximate surface area is 101 Å². The van der Waals surface area contributed by atoms with Gasteiger partial charge in [0.15, 0.2) is 16.5 Å². The van der Waals surface area contributed by atoms with Crippen molar-refractivity contribution in [3.63, 3.8) is 0 Å². The van der Waals surface area contributed by atoms with Crippen LogP contribution in [0.1, 0.15) is 13.8 Å². The van der Waals surface area contributed by atoms with Gasteiger partial charge in [-0.05, 0) is 48.0 Å². The zero-order valence-electron chi connectivity index (χ0n) is 9.09. The lowest BCUT2D eigenvalue weighted by molar-refractivity contribution is -0.146. The van der Waals surface area contributed by atoms with Crippen molar-refractivity contribution in [2.75, 3.05) is 0 Å². The van der Waals surface area contributed by atoms with Gasteiger partial charge in [0.2, 0.25) is 5.82 Å². The van der Waals surface area contributed by atoms with Gasteiger partial charge in [-0.2, -0.15) is 0 Å². The fourth-order valence-corrected chi connectivity index (χ4v) is 1.39. The average molecular weight is 257 g/mol. The summed E-state index contributed by atoms with van der Waals surface area (Å²) in [7, 11) is 0. The van der Waals surface area contributed by atoms with Gasteiger partial charge in [-0.15, -0.1) is 5.10 Å². The third-order valence-corrected chi connectivity index (χ3v) is 2.52. The minimum atomic E-state index is -1.28. The summed E-state index contributed by atoms with van der Waals surface area (Å²) in [5.74, 6) is -0.526. The summed E-state index contributed by atoms with van der Waals surface area (Å²) in [6.07, 6.45) is 0. The number of carboxylic acid groups (broad SMARTS) is 1. The molecule has 2 rings (SSSR count). The summed E-state index contributed by atoms with van der Waals surface area (Å²) < 4.78 is 6.32. The molecule has 0 atom stereocenters. The smallest absolute Gasteiger partial charge is 0.331 e. The van der Waals surface area contributed by atoms with Gasteiger partial charge >= 0.3 is 5.97 Å². The van der Waals surface area contributed by atoms with Gasteiger partial charge in [0.05, 0.1) is 0 Å². The van der Waals surface area contributed by atoms with E-state index < -0.39 is 11.5 Å². The van der Waals surface area contributed by atoms with E-state index in [1.165, 1.54) is 24.6 Å². The van der Waals surface area contributed by atoms with E-state index in [9.17, 15) is 4.79 Å². The number of tetrazole rings is 1. The zero-order chi connectivity index (χ0) is 12.6. The number of furan rings is 1. The quantitative estimate of drug-likeness (QED) is 0.892. The molecule has 0 aliphatic carbocycles. The average Bonchev–Trinajstić information content (AvgIpc) is 2.84. The van der Waals surface area contributed by atoms with Crippen molar-refractivity contribution in [3.05, 3.63) is 17.4 Å². The molecule has 7 nitrogen and oxygen atoms in total. The molecule has 8 heteroatoms. The van der Waals surface area contributed by atoms with E-state index >= 15 is 0 Å².